The van der Waals surface area contributed by atoms with Gasteiger partial charge in [0.1, 0.15) is 0 Å². The van der Waals surface area contributed by atoms with Crippen LogP contribution in [0.15, 0.2) is 4.99 Å². The second-order valence-corrected chi connectivity index (χ2v) is 2.71. The van der Waals surface area contributed by atoms with Crippen molar-refractivity contribution < 1.29 is 4.79 Å². The first-order valence-corrected chi connectivity index (χ1v) is 4.05. The number of guanidine groups is 1. The van der Waals surface area contributed by atoms with Gasteiger partial charge >= 0.3 is 0 Å². The number of aliphatic imine (C=N–C) groups is 1. The van der Waals surface area contributed by atoms with E-state index >= 15 is 0 Å². The van der Waals surface area contributed by atoms with Gasteiger partial charge < -0.3 is 16.4 Å². The van der Waals surface area contributed by atoms with Gasteiger partial charge in [-0.15, -0.1) is 0 Å². The molecule has 1 atom stereocenters. The molecule has 68 valence electrons. The van der Waals surface area contributed by atoms with Crippen LogP contribution in [0.3, 0.4) is 0 Å². The molecule has 5 heteroatoms. The summed E-state index contributed by atoms with van der Waals surface area (Å²) in [6.45, 7) is 3.21. The van der Waals surface area contributed by atoms with Gasteiger partial charge in [0, 0.05) is 19.5 Å². The van der Waals surface area contributed by atoms with Crippen molar-refractivity contribution in [2.75, 3.05) is 13.1 Å². The van der Waals surface area contributed by atoms with Gasteiger partial charge in [-0.25, -0.2) is 0 Å². The Morgan fingerprint density at radius 2 is 2.67 bits per heavy atom. The third-order valence-electron chi connectivity index (χ3n) is 1.66. The van der Waals surface area contributed by atoms with E-state index in [1.54, 1.807) is 0 Å². The molecule has 0 radical (unpaired) electrons. The summed E-state index contributed by atoms with van der Waals surface area (Å²) in [6.07, 6.45) is 0.486. The lowest BCUT2D eigenvalue weighted by atomic mass is 10.3. The highest BCUT2D eigenvalue weighted by atomic mass is 16.1. The molecule has 0 aromatic rings. The Hall–Kier alpha value is -1.26. The summed E-state index contributed by atoms with van der Waals surface area (Å²) >= 11 is 0. The standard InChI is InChI=1S/C7H14N4O/c1-2-9-7(8)11-5-3-6(12)10-4-5/h5H,2-4H2,1H3,(H,10,12)(H3,8,9,11). The van der Waals surface area contributed by atoms with Crippen molar-refractivity contribution >= 4 is 11.9 Å². The van der Waals surface area contributed by atoms with Crippen LogP contribution in [0.4, 0.5) is 0 Å². The average molecular weight is 170 g/mol. The van der Waals surface area contributed by atoms with E-state index in [9.17, 15) is 4.79 Å². The van der Waals surface area contributed by atoms with Crippen LogP contribution in [0.25, 0.3) is 0 Å². The average Bonchev–Trinajstić information content (AvgIpc) is 2.36. The van der Waals surface area contributed by atoms with Crippen molar-refractivity contribution in [1.82, 2.24) is 10.6 Å². The zero-order valence-electron chi connectivity index (χ0n) is 7.13. The fourth-order valence-electron chi connectivity index (χ4n) is 1.13. The quantitative estimate of drug-likeness (QED) is 0.360. The third-order valence-corrected chi connectivity index (χ3v) is 1.66. The maximum absolute atomic E-state index is 10.8. The Kier molecular flexibility index (Phi) is 2.90. The van der Waals surface area contributed by atoms with Crippen LogP contribution < -0.4 is 16.4 Å². The van der Waals surface area contributed by atoms with E-state index in [1.807, 2.05) is 6.92 Å². The minimum atomic E-state index is 0.0665. The molecule has 0 aliphatic carbocycles. The number of nitrogens with zero attached hydrogens (tertiary/aromatic N) is 1. The largest absolute Gasteiger partial charge is 0.370 e. The Morgan fingerprint density at radius 3 is 3.17 bits per heavy atom. The third kappa shape index (κ3) is 2.41. The first kappa shape index (κ1) is 8.83. The Bertz CT molecular complexity index is 202. The number of rotatable bonds is 2. The van der Waals surface area contributed by atoms with E-state index in [4.69, 9.17) is 5.73 Å². The lowest BCUT2D eigenvalue weighted by Crippen LogP contribution is -2.41. The number of amides is 1. The highest BCUT2D eigenvalue weighted by Gasteiger charge is 2.21. The Morgan fingerprint density at radius 1 is 1.92 bits per heavy atom. The molecule has 0 bridgehead atoms. The van der Waals surface area contributed by atoms with Crippen LogP contribution in [-0.2, 0) is 4.79 Å². The molecule has 0 aromatic heterocycles. The van der Waals surface area contributed by atoms with Crippen molar-refractivity contribution in [1.29, 1.82) is 0 Å². The zero-order chi connectivity index (χ0) is 8.97. The molecule has 1 fully saturated rings. The molecule has 1 saturated heterocycles. The minimum absolute atomic E-state index is 0.0665. The fraction of sp³-hybridized carbons (Fsp3) is 0.714. The first-order chi connectivity index (χ1) is 5.72. The van der Waals surface area contributed by atoms with Gasteiger partial charge in [-0.05, 0) is 6.92 Å². The maximum Gasteiger partial charge on any atom is 0.222 e. The van der Waals surface area contributed by atoms with Crippen molar-refractivity contribution in [3.63, 3.8) is 0 Å². The van der Waals surface area contributed by atoms with Gasteiger partial charge in [0.25, 0.3) is 0 Å². The molecule has 0 spiro atoms. The van der Waals surface area contributed by atoms with Gasteiger partial charge in [-0.3, -0.25) is 9.79 Å². The molecule has 1 aliphatic heterocycles. The van der Waals surface area contributed by atoms with E-state index in [0.29, 0.717) is 25.5 Å². The van der Waals surface area contributed by atoms with Gasteiger partial charge in [0.15, 0.2) is 5.96 Å². The van der Waals surface area contributed by atoms with Crippen LogP contribution in [0.1, 0.15) is 13.3 Å². The molecule has 0 aromatic carbocycles. The van der Waals surface area contributed by atoms with Gasteiger partial charge in [-0.2, -0.15) is 0 Å². The van der Waals surface area contributed by atoms with E-state index < -0.39 is 0 Å². The SMILES string of the molecule is CCN=C(N)NC1CNC(=O)C1. The second kappa shape index (κ2) is 3.94. The fourth-order valence-corrected chi connectivity index (χ4v) is 1.13. The molecular formula is C7H14N4O. The molecule has 1 unspecified atom stereocenters. The van der Waals surface area contributed by atoms with Crippen LogP contribution in [0.2, 0.25) is 0 Å². The number of nitrogens with two attached hydrogens (primary N) is 1. The van der Waals surface area contributed by atoms with E-state index in [-0.39, 0.29) is 11.9 Å². The summed E-state index contributed by atoms with van der Waals surface area (Å²) in [5, 5.41) is 5.66. The van der Waals surface area contributed by atoms with Crippen LogP contribution in [-0.4, -0.2) is 31.0 Å². The molecule has 1 aliphatic rings. The van der Waals surface area contributed by atoms with Gasteiger partial charge in [0.05, 0.1) is 6.04 Å². The van der Waals surface area contributed by atoms with Crippen molar-refractivity contribution in [2.24, 2.45) is 10.7 Å². The molecule has 0 saturated carbocycles. The van der Waals surface area contributed by atoms with E-state index in [0.717, 1.165) is 0 Å². The number of carbonyl (C=O) groups is 1. The highest BCUT2D eigenvalue weighted by Crippen LogP contribution is 1.97. The summed E-state index contributed by atoms with van der Waals surface area (Å²) in [6, 6.07) is 0.104. The predicted octanol–water partition coefficient (Wildman–Crippen LogP) is -1.20. The van der Waals surface area contributed by atoms with Crippen LogP contribution in [0, 0.1) is 0 Å². The first-order valence-electron chi connectivity index (χ1n) is 4.05. The molecule has 1 amide bonds. The zero-order valence-corrected chi connectivity index (χ0v) is 7.13. The summed E-state index contributed by atoms with van der Waals surface area (Å²) in [5.41, 5.74) is 5.51. The topological polar surface area (TPSA) is 79.5 Å². The van der Waals surface area contributed by atoms with E-state index in [1.165, 1.54) is 0 Å². The van der Waals surface area contributed by atoms with Crippen LogP contribution >= 0.6 is 0 Å². The molecule has 1 heterocycles. The Labute approximate surface area is 71.4 Å². The molecule has 4 N–H and O–H groups in total. The summed E-state index contributed by atoms with van der Waals surface area (Å²) < 4.78 is 0. The van der Waals surface area contributed by atoms with E-state index in [2.05, 4.69) is 15.6 Å². The van der Waals surface area contributed by atoms with Crippen molar-refractivity contribution in [2.45, 2.75) is 19.4 Å². The lowest BCUT2D eigenvalue weighted by Gasteiger charge is -2.09. The summed E-state index contributed by atoms with van der Waals surface area (Å²) in [4.78, 5) is 14.7. The van der Waals surface area contributed by atoms with Crippen molar-refractivity contribution in [3.05, 3.63) is 0 Å². The number of nitrogens with one attached hydrogen (secondary N) is 2. The van der Waals surface area contributed by atoms with Gasteiger partial charge in [-0.1, -0.05) is 0 Å². The number of hydrogen-bond donors (Lipinski definition) is 3. The van der Waals surface area contributed by atoms with Crippen molar-refractivity contribution in [3.8, 4) is 0 Å². The number of carbonyl (C=O) groups excluding carboxylic acids is 1. The normalized spacial score (nSPS) is 23.9. The number of hydrogen-bond acceptors (Lipinski definition) is 2. The summed E-state index contributed by atoms with van der Waals surface area (Å²) in [7, 11) is 0. The van der Waals surface area contributed by atoms with Crippen LogP contribution in [0.5, 0.6) is 0 Å². The highest BCUT2D eigenvalue weighted by molar-refractivity contribution is 5.82. The second-order valence-electron chi connectivity index (χ2n) is 2.71. The molecule has 5 nitrogen and oxygen atoms in total. The molecule has 1 rings (SSSR count). The summed E-state index contributed by atoms with van der Waals surface area (Å²) in [5.74, 6) is 0.482. The monoisotopic (exact) mass is 170 g/mol. The van der Waals surface area contributed by atoms with Gasteiger partial charge in [0.2, 0.25) is 5.91 Å². The smallest absolute Gasteiger partial charge is 0.222 e. The lowest BCUT2D eigenvalue weighted by molar-refractivity contribution is -0.119. The minimum Gasteiger partial charge on any atom is -0.370 e. The molecular weight excluding hydrogens is 156 g/mol. The maximum atomic E-state index is 10.8. The molecule has 12 heavy (non-hydrogen) atoms. The predicted molar refractivity (Wildman–Crippen MR) is 46.7 cm³/mol. The Balaban J connectivity index is 2.32.